The van der Waals surface area contributed by atoms with Crippen LogP contribution < -0.4 is 0 Å². The number of hydrogen-bond acceptors (Lipinski definition) is 4. The molecule has 98 valence electrons. The van der Waals surface area contributed by atoms with Crippen LogP contribution in [0.1, 0.15) is 31.4 Å². The molecule has 18 heavy (non-hydrogen) atoms. The second kappa shape index (κ2) is 4.99. The minimum Gasteiger partial charge on any atom is -0.391 e. The van der Waals surface area contributed by atoms with Crippen molar-refractivity contribution in [1.82, 2.24) is 14.3 Å². The molecule has 0 spiro atoms. The first-order valence-corrected chi connectivity index (χ1v) is 7.41. The van der Waals surface area contributed by atoms with Gasteiger partial charge >= 0.3 is 0 Å². The predicted molar refractivity (Wildman–Crippen MR) is 72.8 cm³/mol. The third kappa shape index (κ3) is 2.30. The van der Waals surface area contributed by atoms with Crippen LogP contribution in [0.3, 0.4) is 0 Å². The highest BCUT2D eigenvalue weighted by atomic mass is 32.1. The minimum atomic E-state index is -0.174. The molecule has 0 aromatic carbocycles. The monoisotopic (exact) mass is 265 g/mol. The molecule has 0 saturated heterocycles. The lowest BCUT2D eigenvalue weighted by atomic mass is 9.91. The number of aromatic nitrogens is 2. The molecule has 0 bridgehead atoms. The highest BCUT2D eigenvalue weighted by molar-refractivity contribution is 7.15. The van der Waals surface area contributed by atoms with Crippen molar-refractivity contribution in [3.05, 3.63) is 23.5 Å². The maximum Gasteiger partial charge on any atom is 0.193 e. The number of hydrogen-bond donors (Lipinski definition) is 1. The van der Waals surface area contributed by atoms with Crippen molar-refractivity contribution in [2.75, 3.05) is 7.05 Å². The predicted octanol–water partition coefficient (Wildman–Crippen LogP) is 2.13. The third-order valence-electron chi connectivity index (χ3n) is 3.81. The minimum absolute atomic E-state index is 0.174. The summed E-state index contributed by atoms with van der Waals surface area (Å²) < 4.78 is 2.06. The average molecular weight is 265 g/mol. The Kier molecular flexibility index (Phi) is 3.37. The fourth-order valence-corrected chi connectivity index (χ4v) is 3.55. The van der Waals surface area contributed by atoms with Crippen LogP contribution in [-0.2, 0) is 6.54 Å². The molecule has 0 radical (unpaired) electrons. The molecule has 2 aromatic heterocycles. The van der Waals surface area contributed by atoms with Gasteiger partial charge in [-0.2, -0.15) is 0 Å². The summed E-state index contributed by atoms with van der Waals surface area (Å²) >= 11 is 1.66. The van der Waals surface area contributed by atoms with E-state index in [4.69, 9.17) is 0 Å². The molecule has 2 aromatic rings. The zero-order valence-electron chi connectivity index (χ0n) is 10.6. The normalized spacial score (nSPS) is 25.1. The van der Waals surface area contributed by atoms with Crippen LogP contribution in [0.15, 0.2) is 17.8 Å². The molecule has 1 fully saturated rings. The number of fused-ring (bicyclic) bond motifs is 1. The second-order valence-electron chi connectivity index (χ2n) is 5.16. The van der Waals surface area contributed by atoms with Gasteiger partial charge in [-0.3, -0.25) is 9.30 Å². The molecule has 2 atom stereocenters. The van der Waals surface area contributed by atoms with E-state index in [2.05, 4.69) is 27.5 Å². The summed E-state index contributed by atoms with van der Waals surface area (Å²) in [7, 11) is 2.09. The number of aliphatic hydroxyl groups excluding tert-OH is 1. The number of thiazole rings is 1. The lowest BCUT2D eigenvalue weighted by Gasteiger charge is -2.34. The first-order valence-electron chi connectivity index (χ1n) is 6.53. The average Bonchev–Trinajstić information content (AvgIpc) is 2.90. The standard InChI is InChI=1S/C13H19N3OS/c1-15(11-4-2-3-5-12(11)17)8-10-9-16-6-7-18-13(16)14-10/h6-7,9,11-12,17H,2-5,8H2,1H3. The van der Waals surface area contributed by atoms with Gasteiger partial charge in [0.15, 0.2) is 4.96 Å². The van der Waals surface area contributed by atoms with E-state index in [1.165, 1.54) is 6.42 Å². The van der Waals surface area contributed by atoms with Crippen molar-refractivity contribution in [2.45, 2.75) is 44.4 Å². The van der Waals surface area contributed by atoms with E-state index in [0.29, 0.717) is 6.04 Å². The van der Waals surface area contributed by atoms with Crippen LogP contribution in [0, 0.1) is 0 Å². The van der Waals surface area contributed by atoms with Crippen LogP contribution in [0.5, 0.6) is 0 Å². The Labute approximate surface area is 111 Å². The topological polar surface area (TPSA) is 40.8 Å². The molecule has 3 rings (SSSR count). The molecule has 1 aliphatic rings. The lowest BCUT2D eigenvalue weighted by Crippen LogP contribution is -2.42. The number of aliphatic hydroxyl groups is 1. The summed E-state index contributed by atoms with van der Waals surface area (Å²) in [6, 6.07) is 0.290. The van der Waals surface area contributed by atoms with E-state index in [9.17, 15) is 5.11 Å². The van der Waals surface area contributed by atoms with E-state index >= 15 is 0 Å². The van der Waals surface area contributed by atoms with Crippen LogP contribution in [-0.4, -0.2) is 38.6 Å². The van der Waals surface area contributed by atoms with Crippen LogP contribution in [0.4, 0.5) is 0 Å². The molecule has 0 aliphatic heterocycles. The SMILES string of the molecule is CN(Cc1cn2ccsc2n1)C1CCCCC1O. The summed E-state index contributed by atoms with van der Waals surface area (Å²) in [6.07, 6.45) is 8.36. The van der Waals surface area contributed by atoms with Crippen molar-refractivity contribution in [3.63, 3.8) is 0 Å². The molecule has 4 nitrogen and oxygen atoms in total. The van der Waals surface area contributed by atoms with Crippen LogP contribution in [0.25, 0.3) is 4.96 Å². The zero-order chi connectivity index (χ0) is 12.5. The number of likely N-dealkylation sites (N-methyl/N-ethyl adjacent to an activating group) is 1. The summed E-state index contributed by atoms with van der Waals surface area (Å²) in [5, 5.41) is 12.1. The summed E-state index contributed by atoms with van der Waals surface area (Å²) in [4.78, 5) is 7.88. The highest BCUT2D eigenvalue weighted by Gasteiger charge is 2.26. The van der Waals surface area contributed by atoms with Crippen molar-refractivity contribution >= 4 is 16.3 Å². The maximum atomic E-state index is 10.1. The van der Waals surface area contributed by atoms with Gasteiger partial charge < -0.3 is 5.11 Å². The zero-order valence-corrected chi connectivity index (χ0v) is 11.4. The van der Waals surface area contributed by atoms with E-state index in [1.54, 1.807) is 11.3 Å². The second-order valence-corrected chi connectivity index (χ2v) is 6.03. The Morgan fingerprint density at radius 2 is 2.33 bits per heavy atom. The van der Waals surface area contributed by atoms with E-state index in [1.807, 2.05) is 11.6 Å². The molecule has 1 saturated carbocycles. The first-order chi connectivity index (χ1) is 8.74. The highest BCUT2D eigenvalue weighted by Crippen LogP contribution is 2.23. The molecule has 5 heteroatoms. The maximum absolute atomic E-state index is 10.1. The Bertz CT molecular complexity index is 493. The first kappa shape index (κ1) is 12.1. The molecular weight excluding hydrogens is 246 g/mol. The van der Waals surface area contributed by atoms with Gasteiger partial charge in [0.1, 0.15) is 0 Å². The van der Waals surface area contributed by atoms with E-state index in [-0.39, 0.29) is 6.10 Å². The fraction of sp³-hybridized carbons (Fsp3) is 0.615. The molecule has 2 heterocycles. The van der Waals surface area contributed by atoms with Crippen LogP contribution >= 0.6 is 11.3 Å². The number of rotatable bonds is 3. The van der Waals surface area contributed by atoms with Crippen LogP contribution in [0.2, 0.25) is 0 Å². The number of nitrogens with zero attached hydrogens (tertiary/aromatic N) is 3. The van der Waals surface area contributed by atoms with Gasteiger partial charge in [-0.05, 0) is 19.9 Å². The smallest absolute Gasteiger partial charge is 0.193 e. The molecule has 0 amide bonds. The van der Waals surface area contributed by atoms with Crippen molar-refractivity contribution in [3.8, 4) is 0 Å². The molecule has 2 unspecified atom stereocenters. The van der Waals surface area contributed by atoms with Crippen molar-refractivity contribution in [1.29, 1.82) is 0 Å². The Balaban J connectivity index is 1.69. The molecule has 1 aliphatic carbocycles. The van der Waals surface area contributed by atoms with Gasteiger partial charge in [0.25, 0.3) is 0 Å². The van der Waals surface area contributed by atoms with Gasteiger partial charge in [-0.1, -0.05) is 12.8 Å². The third-order valence-corrected chi connectivity index (χ3v) is 4.59. The summed E-state index contributed by atoms with van der Waals surface area (Å²) in [5.74, 6) is 0. The van der Waals surface area contributed by atoms with E-state index < -0.39 is 0 Å². The van der Waals surface area contributed by atoms with Gasteiger partial charge in [0.05, 0.1) is 11.8 Å². The van der Waals surface area contributed by atoms with E-state index in [0.717, 1.165) is 36.5 Å². The molecular formula is C13H19N3OS. The lowest BCUT2D eigenvalue weighted by molar-refractivity contribution is 0.0284. The van der Waals surface area contributed by atoms with Crippen molar-refractivity contribution in [2.24, 2.45) is 0 Å². The van der Waals surface area contributed by atoms with Gasteiger partial charge in [0.2, 0.25) is 0 Å². The fourth-order valence-electron chi connectivity index (χ4n) is 2.83. The largest absolute Gasteiger partial charge is 0.391 e. The Morgan fingerprint density at radius 3 is 3.11 bits per heavy atom. The van der Waals surface area contributed by atoms with Crippen molar-refractivity contribution < 1.29 is 5.11 Å². The Hall–Kier alpha value is -0.910. The van der Waals surface area contributed by atoms with Gasteiger partial charge in [-0.25, -0.2) is 4.98 Å². The quantitative estimate of drug-likeness (QED) is 0.924. The number of imidazole rings is 1. The summed E-state index contributed by atoms with van der Waals surface area (Å²) in [6.45, 7) is 0.816. The van der Waals surface area contributed by atoms with Gasteiger partial charge in [-0.15, -0.1) is 11.3 Å². The Morgan fingerprint density at radius 1 is 1.50 bits per heavy atom. The summed E-state index contributed by atoms with van der Waals surface area (Å²) in [5.41, 5.74) is 1.09. The van der Waals surface area contributed by atoms with Gasteiger partial charge in [0, 0.05) is 30.4 Å². The molecule has 1 N–H and O–H groups in total.